The molecule has 0 saturated carbocycles. The van der Waals surface area contributed by atoms with Gasteiger partial charge in [0.15, 0.2) is 5.82 Å². The van der Waals surface area contributed by atoms with Gasteiger partial charge in [-0.3, -0.25) is 0 Å². The van der Waals surface area contributed by atoms with Gasteiger partial charge in [0.25, 0.3) is 0 Å². The Morgan fingerprint density at radius 1 is 1.24 bits per heavy atom. The standard InChI is InChI=1S/C12H16Cl2FNO/c1-2-3-5-17-6-4-16-9-7-10(13)12(15)11(14)8-9/h7-8,16H,2-6H2,1H3. The normalized spacial score (nSPS) is 10.6. The van der Waals surface area contributed by atoms with Gasteiger partial charge in [-0.1, -0.05) is 36.5 Å². The lowest BCUT2D eigenvalue weighted by atomic mass is 10.3. The van der Waals surface area contributed by atoms with E-state index < -0.39 is 5.82 Å². The molecule has 1 rings (SSSR count). The van der Waals surface area contributed by atoms with E-state index in [9.17, 15) is 4.39 Å². The number of anilines is 1. The fourth-order valence-electron chi connectivity index (χ4n) is 1.27. The maximum atomic E-state index is 13.1. The van der Waals surface area contributed by atoms with Crippen molar-refractivity contribution < 1.29 is 9.13 Å². The number of ether oxygens (including phenoxy) is 1. The van der Waals surface area contributed by atoms with Crippen molar-refractivity contribution in [1.29, 1.82) is 0 Å². The van der Waals surface area contributed by atoms with Gasteiger partial charge in [0.1, 0.15) is 0 Å². The number of unbranched alkanes of at least 4 members (excludes halogenated alkanes) is 1. The van der Waals surface area contributed by atoms with Gasteiger partial charge < -0.3 is 10.1 Å². The second kappa shape index (κ2) is 7.75. The Kier molecular flexibility index (Phi) is 6.63. The summed E-state index contributed by atoms with van der Waals surface area (Å²) in [4.78, 5) is 0. The first-order chi connectivity index (χ1) is 8.15. The molecule has 0 amide bonds. The highest BCUT2D eigenvalue weighted by Gasteiger charge is 2.06. The van der Waals surface area contributed by atoms with Gasteiger partial charge in [0.2, 0.25) is 0 Å². The fourth-order valence-corrected chi connectivity index (χ4v) is 1.76. The molecule has 0 heterocycles. The highest BCUT2D eigenvalue weighted by molar-refractivity contribution is 6.35. The van der Waals surface area contributed by atoms with Crippen LogP contribution < -0.4 is 5.32 Å². The summed E-state index contributed by atoms with van der Waals surface area (Å²) in [5, 5.41) is 3.11. The minimum absolute atomic E-state index is 0.0203. The summed E-state index contributed by atoms with van der Waals surface area (Å²) in [5.74, 6) is -0.585. The van der Waals surface area contributed by atoms with Crippen LogP contribution in [0.5, 0.6) is 0 Å². The molecular formula is C12H16Cl2FNO. The smallest absolute Gasteiger partial charge is 0.160 e. The molecule has 0 bridgehead atoms. The van der Waals surface area contributed by atoms with Gasteiger partial charge >= 0.3 is 0 Å². The summed E-state index contributed by atoms with van der Waals surface area (Å²) in [5.41, 5.74) is 0.695. The average molecular weight is 280 g/mol. The Hall–Kier alpha value is -0.510. The predicted molar refractivity (Wildman–Crippen MR) is 70.6 cm³/mol. The van der Waals surface area contributed by atoms with Crippen LogP contribution in [0.15, 0.2) is 12.1 Å². The highest BCUT2D eigenvalue weighted by Crippen LogP contribution is 2.27. The summed E-state index contributed by atoms with van der Waals surface area (Å²) in [6, 6.07) is 3.02. The molecule has 96 valence electrons. The lowest BCUT2D eigenvalue weighted by molar-refractivity contribution is 0.141. The van der Waals surface area contributed by atoms with Crippen LogP contribution >= 0.6 is 23.2 Å². The number of hydrogen-bond acceptors (Lipinski definition) is 2. The van der Waals surface area contributed by atoms with Crippen molar-refractivity contribution >= 4 is 28.9 Å². The zero-order valence-electron chi connectivity index (χ0n) is 9.73. The predicted octanol–water partition coefficient (Wildman–Crippen LogP) is 4.36. The molecule has 1 aromatic rings. The van der Waals surface area contributed by atoms with Crippen molar-refractivity contribution in [2.75, 3.05) is 25.1 Å². The molecule has 0 fully saturated rings. The zero-order chi connectivity index (χ0) is 12.7. The number of hydrogen-bond donors (Lipinski definition) is 1. The van der Waals surface area contributed by atoms with Gasteiger partial charge in [-0.05, 0) is 18.6 Å². The van der Waals surface area contributed by atoms with E-state index in [0.29, 0.717) is 18.8 Å². The van der Waals surface area contributed by atoms with Crippen LogP contribution in [0.2, 0.25) is 10.0 Å². The Morgan fingerprint density at radius 2 is 1.88 bits per heavy atom. The Bertz CT molecular complexity index is 337. The van der Waals surface area contributed by atoms with Crippen LogP contribution in [0, 0.1) is 5.82 Å². The van der Waals surface area contributed by atoms with E-state index >= 15 is 0 Å². The summed E-state index contributed by atoms with van der Waals surface area (Å²) in [6.07, 6.45) is 2.19. The van der Waals surface area contributed by atoms with Crippen LogP contribution in [0.1, 0.15) is 19.8 Å². The summed E-state index contributed by atoms with van der Waals surface area (Å²) in [7, 11) is 0. The fraction of sp³-hybridized carbons (Fsp3) is 0.500. The second-order valence-corrected chi connectivity index (χ2v) is 4.46. The molecular weight excluding hydrogens is 264 g/mol. The topological polar surface area (TPSA) is 21.3 Å². The molecule has 0 radical (unpaired) electrons. The molecule has 5 heteroatoms. The third kappa shape index (κ3) is 5.11. The first-order valence-electron chi connectivity index (χ1n) is 5.61. The van der Waals surface area contributed by atoms with Gasteiger partial charge in [0, 0.05) is 18.8 Å². The molecule has 0 saturated heterocycles. The lowest BCUT2D eigenvalue weighted by Crippen LogP contribution is -2.10. The summed E-state index contributed by atoms with van der Waals surface area (Å²) in [6.45, 7) is 4.13. The number of benzene rings is 1. The molecule has 2 nitrogen and oxygen atoms in total. The zero-order valence-corrected chi connectivity index (χ0v) is 11.2. The number of halogens is 3. The lowest BCUT2D eigenvalue weighted by Gasteiger charge is -2.08. The molecule has 0 aliphatic rings. The molecule has 17 heavy (non-hydrogen) atoms. The SMILES string of the molecule is CCCCOCCNc1cc(Cl)c(F)c(Cl)c1. The molecule has 0 unspecified atom stereocenters. The van der Waals surface area contributed by atoms with Crippen molar-refractivity contribution in [2.24, 2.45) is 0 Å². The van der Waals surface area contributed by atoms with Crippen molar-refractivity contribution in [1.82, 2.24) is 0 Å². The molecule has 0 aliphatic heterocycles. The maximum absolute atomic E-state index is 13.1. The third-order valence-electron chi connectivity index (χ3n) is 2.20. The number of nitrogens with one attached hydrogen (secondary N) is 1. The average Bonchev–Trinajstić information content (AvgIpc) is 2.30. The molecule has 1 aromatic carbocycles. The van der Waals surface area contributed by atoms with E-state index in [1.807, 2.05) is 0 Å². The summed E-state index contributed by atoms with van der Waals surface area (Å²) >= 11 is 11.3. The molecule has 1 N–H and O–H groups in total. The van der Waals surface area contributed by atoms with E-state index in [1.54, 1.807) is 0 Å². The van der Waals surface area contributed by atoms with Gasteiger partial charge in [-0.2, -0.15) is 0 Å². The molecule has 0 spiro atoms. The van der Waals surface area contributed by atoms with Crippen molar-refractivity contribution in [3.8, 4) is 0 Å². The van der Waals surface area contributed by atoms with Crippen LogP contribution in [0.4, 0.5) is 10.1 Å². The van der Waals surface area contributed by atoms with Gasteiger partial charge in [-0.25, -0.2) is 4.39 Å². The molecule has 0 atom stereocenters. The quantitative estimate of drug-likeness (QED) is 0.592. The third-order valence-corrected chi connectivity index (χ3v) is 2.75. The van der Waals surface area contributed by atoms with Crippen LogP contribution in [0.3, 0.4) is 0 Å². The Labute approximate surface area is 111 Å². The first kappa shape index (κ1) is 14.6. The van der Waals surface area contributed by atoms with Gasteiger partial charge in [-0.15, -0.1) is 0 Å². The number of rotatable bonds is 7. The highest BCUT2D eigenvalue weighted by atomic mass is 35.5. The van der Waals surface area contributed by atoms with E-state index in [1.165, 1.54) is 12.1 Å². The molecule has 0 aromatic heterocycles. The molecule has 0 aliphatic carbocycles. The van der Waals surface area contributed by atoms with E-state index in [2.05, 4.69) is 12.2 Å². The van der Waals surface area contributed by atoms with Gasteiger partial charge in [0.05, 0.1) is 16.7 Å². The second-order valence-electron chi connectivity index (χ2n) is 3.65. The van der Waals surface area contributed by atoms with E-state index in [-0.39, 0.29) is 10.0 Å². The minimum Gasteiger partial charge on any atom is -0.383 e. The largest absolute Gasteiger partial charge is 0.383 e. The maximum Gasteiger partial charge on any atom is 0.160 e. The first-order valence-corrected chi connectivity index (χ1v) is 6.37. The monoisotopic (exact) mass is 279 g/mol. The van der Waals surface area contributed by atoms with Crippen molar-refractivity contribution in [2.45, 2.75) is 19.8 Å². The van der Waals surface area contributed by atoms with Crippen molar-refractivity contribution in [3.05, 3.63) is 28.0 Å². The van der Waals surface area contributed by atoms with Crippen LogP contribution in [0.25, 0.3) is 0 Å². The van der Waals surface area contributed by atoms with E-state index in [4.69, 9.17) is 27.9 Å². The van der Waals surface area contributed by atoms with Crippen LogP contribution in [-0.2, 0) is 4.74 Å². The van der Waals surface area contributed by atoms with Crippen LogP contribution in [-0.4, -0.2) is 19.8 Å². The Morgan fingerprint density at radius 3 is 2.47 bits per heavy atom. The summed E-state index contributed by atoms with van der Waals surface area (Å²) < 4.78 is 18.5. The Balaban J connectivity index is 2.32. The minimum atomic E-state index is -0.585. The van der Waals surface area contributed by atoms with Crippen molar-refractivity contribution in [3.63, 3.8) is 0 Å². The van der Waals surface area contributed by atoms with E-state index in [0.717, 1.165) is 19.4 Å².